The van der Waals surface area contributed by atoms with Gasteiger partial charge in [-0.3, -0.25) is 9.48 Å². The molecule has 1 amide bonds. The summed E-state index contributed by atoms with van der Waals surface area (Å²) < 4.78 is 1.85. The van der Waals surface area contributed by atoms with Gasteiger partial charge >= 0.3 is 0 Å². The zero-order valence-corrected chi connectivity index (χ0v) is 10.8. The Labute approximate surface area is 97.2 Å². The average Bonchev–Trinajstić information content (AvgIpc) is 2.69. The normalized spacial score (nSPS) is 12.6. The van der Waals surface area contributed by atoms with Crippen LogP contribution in [0.5, 0.6) is 0 Å². The first-order chi connectivity index (χ1) is 7.51. The van der Waals surface area contributed by atoms with Crippen LogP contribution in [0.4, 0.5) is 0 Å². The van der Waals surface area contributed by atoms with Gasteiger partial charge in [-0.25, -0.2) is 0 Å². The number of hydrogen-bond acceptors (Lipinski definition) is 2. The maximum Gasteiger partial charge on any atom is 0.246 e. The lowest BCUT2D eigenvalue weighted by Gasteiger charge is -2.18. The molecule has 0 saturated heterocycles. The molecule has 0 aromatic carbocycles. The second-order valence-electron chi connectivity index (χ2n) is 4.19. The van der Waals surface area contributed by atoms with E-state index in [1.165, 1.54) is 0 Å². The number of carbonyl (C=O) groups is 1. The van der Waals surface area contributed by atoms with Gasteiger partial charge in [0.15, 0.2) is 0 Å². The standard InChI is InChI=1S/C12H21N3O/c1-6-10-8-11(7-2)15(13-10)9(3)12(16)14(4)5/h8-9H,6-7H2,1-5H3. The summed E-state index contributed by atoms with van der Waals surface area (Å²) in [4.78, 5) is 13.5. The van der Waals surface area contributed by atoms with Crippen molar-refractivity contribution >= 4 is 5.91 Å². The van der Waals surface area contributed by atoms with Gasteiger partial charge in [0.25, 0.3) is 0 Å². The Bertz CT molecular complexity index is 368. The van der Waals surface area contributed by atoms with E-state index in [1.807, 2.05) is 11.6 Å². The molecule has 1 aromatic rings. The third-order valence-electron chi connectivity index (χ3n) is 2.75. The van der Waals surface area contributed by atoms with Crippen LogP contribution >= 0.6 is 0 Å². The molecule has 0 aliphatic heterocycles. The number of aromatic nitrogens is 2. The zero-order valence-electron chi connectivity index (χ0n) is 10.8. The molecule has 1 heterocycles. The number of hydrogen-bond donors (Lipinski definition) is 0. The van der Waals surface area contributed by atoms with Gasteiger partial charge < -0.3 is 4.90 Å². The highest BCUT2D eigenvalue weighted by molar-refractivity contribution is 5.79. The van der Waals surface area contributed by atoms with Crippen molar-refractivity contribution in [1.29, 1.82) is 0 Å². The molecule has 0 saturated carbocycles. The molecular formula is C12H21N3O. The van der Waals surface area contributed by atoms with Crippen molar-refractivity contribution in [3.63, 3.8) is 0 Å². The first-order valence-corrected chi connectivity index (χ1v) is 5.79. The van der Waals surface area contributed by atoms with Crippen molar-refractivity contribution in [2.45, 2.75) is 39.7 Å². The molecule has 90 valence electrons. The number of amides is 1. The van der Waals surface area contributed by atoms with E-state index >= 15 is 0 Å². The molecule has 0 aliphatic rings. The molecule has 4 nitrogen and oxygen atoms in total. The first-order valence-electron chi connectivity index (χ1n) is 5.79. The summed E-state index contributed by atoms with van der Waals surface area (Å²) in [6.07, 6.45) is 1.81. The molecule has 1 atom stereocenters. The van der Waals surface area contributed by atoms with Gasteiger partial charge in [-0.05, 0) is 25.8 Å². The van der Waals surface area contributed by atoms with Crippen molar-refractivity contribution in [3.05, 3.63) is 17.5 Å². The lowest BCUT2D eigenvalue weighted by atomic mass is 10.2. The molecule has 16 heavy (non-hydrogen) atoms. The van der Waals surface area contributed by atoms with Crippen LogP contribution in [-0.4, -0.2) is 34.7 Å². The Morgan fingerprint density at radius 3 is 2.50 bits per heavy atom. The van der Waals surface area contributed by atoms with E-state index in [9.17, 15) is 4.79 Å². The smallest absolute Gasteiger partial charge is 0.246 e. The molecule has 0 radical (unpaired) electrons. The number of aryl methyl sites for hydroxylation is 2. The first kappa shape index (κ1) is 12.7. The summed E-state index contributed by atoms with van der Waals surface area (Å²) in [5, 5.41) is 4.47. The van der Waals surface area contributed by atoms with Gasteiger partial charge in [-0.15, -0.1) is 0 Å². The molecule has 0 spiro atoms. The Hall–Kier alpha value is -1.32. The van der Waals surface area contributed by atoms with Crippen LogP contribution in [0.3, 0.4) is 0 Å². The Balaban J connectivity index is 3.02. The quantitative estimate of drug-likeness (QED) is 0.778. The fourth-order valence-corrected chi connectivity index (χ4v) is 1.74. The van der Waals surface area contributed by atoms with Gasteiger partial charge in [-0.2, -0.15) is 5.10 Å². The van der Waals surface area contributed by atoms with Gasteiger partial charge in [0.05, 0.1) is 5.69 Å². The van der Waals surface area contributed by atoms with Crippen LogP contribution in [0.1, 0.15) is 38.2 Å². The van der Waals surface area contributed by atoms with Gasteiger partial charge in [0.1, 0.15) is 6.04 Å². The fourth-order valence-electron chi connectivity index (χ4n) is 1.74. The van der Waals surface area contributed by atoms with E-state index in [0.717, 1.165) is 24.2 Å². The van der Waals surface area contributed by atoms with Gasteiger partial charge in [0.2, 0.25) is 5.91 Å². The summed E-state index contributed by atoms with van der Waals surface area (Å²) in [5.41, 5.74) is 2.18. The second-order valence-corrected chi connectivity index (χ2v) is 4.19. The molecule has 0 bridgehead atoms. The third-order valence-corrected chi connectivity index (χ3v) is 2.75. The third kappa shape index (κ3) is 2.43. The van der Waals surface area contributed by atoms with Crippen molar-refractivity contribution in [2.24, 2.45) is 0 Å². The van der Waals surface area contributed by atoms with E-state index in [4.69, 9.17) is 0 Å². The molecule has 0 aliphatic carbocycles. The highest BCUT2D eigenvalue weighted by Gasteiger charge is 2.20. The Morgan fingerprint density at radius 1 is 1.44 bits per heavy atom. The number of nitrogens with zero attached hydrogens (tertiary/aromatic N) is 3. The van der Waals surface area contributed by atoms with Crippen molar-refractivity contribution in [2.75, 3.05) is 14.1 Å². The predicted octanol–water partition coefficient (Wildman–Crippen LogP) is 1.66. The van der Waals surface area contributed by atoms with Crippen LogP contribution in [0.2, 0.25) is 0 Å². The maximum atomic E-state index is 11.9. The summed E-state index contributed by atoms with van der Waals surface area (Å²) in [6.45, 7) is 6.05. The number of carbonyl (C=O) groups excluding carboxylic acids is 1. The van der Waals surface area contributed by atoms with Crippen molar-refractivity contribution in [3.8, 4) is 0 Å². The monoisotopic (exact) mass is 223 g/mol. The zero-order chi connectivity index (χ0) is 12.3. The fraction of sp³-hybridized carbons (Fsp3) is 0.667. The van der Waals surface area contributed by atoms with E-state index in [0.29, 0.717) is 0 Å². The van der Waals surface area contributed by atoms with Gasteiger partial charge in [0, 0.05) is 19.8 Å². The molecule has 4 heteroatoms. The molecule has 0 N–H and O–H groups in total. The topological polar surface area (TPSA) is 38.1 Å². The van der Waals surface area contributed by atoms with Crippen molar-refractivity contribution in [1.82, 2.24) is 14.7 Å². The summed E-state index contributed by atoms with van der Waals surface area (Å²) in [5.74, 6) is 0.0838. The van der Waals surface area contributed by atoms with Crippen LogP contribution in [-0.2, 0) is 17.6 Å². The molecule has 1 rings (SSSR count). The van der Waals surface area contributed by atoms with Crippen LogP contribution < -0.4 is 0 Å². The summed E-state index contributed by atoms with van der Waals surface area (Å²) in [6, 6.07) is 1.87. The minimum Gasteiger partial charge on any atom is -0.347 e. The van der Waals surface area contributed by atoms with Crippen LogP contribution in [0, 0.1) is 0 Å². The minimum atomic E-state index is -0.217. The lowest BCUT2D eigenvalue weighted by Crippen LogP contribution is -2.31. The average molecular weight is 223 g/mol. The summed E-state index contributed by atoms with van der Waals surface area (Å²) >= 11 is 0. The summed E-state index contributed by atoms with van der Waals surface area (Å²) in [7, 11) is 3.55. The van der Waals surface area contributed by atoms with E-state index in [1.54, 1.807) is 19.0 Å². The maximum absolute atomic E-state index is 11.9. The molecule has 1 aromatic heterocycles. The number of likely N-dealkylation sites (N-methyl/N-ethyl adjacent to an activating group) is 1. The SMILES string of the molecule is CCc1cc(CC)n(C(C)C(=O)N(C)C)n1. The van der Waals surface area contributed by atoms with Crippen LogP contribution in [0.15, 0.2) is 6.07 Å². The largest absolute Gasteiger partial charge is 0.347 e. The minimum absolute atomic E-state index is 0.0838. The predicted molar refractivity (Wildman–Crippen MR) is 64.4 cm³/mol. The van der Waals surface area contributed by atoms with Gasteiger partial charge in [-0.1, -0.05) is 13.8 Å². The van der Waals surface area contributed by atoms with E-state index in [2.05, 4.69) is 25.0 Å². The highest BCUT2D eigenvalue weighted by Crippen LogP contribution is 2.14. The van der Waals surface area contributed by atoms with E-state index in [-0.39, 0.29) is 11.9 Å². The van der Waals surface area contributed by atoms with Crippen LogP contribution in [0.25, 0.3) is 0 Å². The lowest BCUT2D eigenvalue weighted by molar-refractivity contribution is -0.132. The highest BCUT2D eigenvalue weighted by atomic mass is 16.2. The number of rotatable bonds is 4. The molecule has 0 fully saturated rings. The molecular weight excluding hydrogens is 202 g/mol. The molecule has 1 unspecified atom stereocenters. The second kappa shape index (κ2) is 5.14. The Kier molecular flexibility index (Phi) is 4.10. The Morgan fingerprint density at radius 2 is 2.06 bits per heavy atom. The van der Waals surface area contributed by atoms with Crippen molar-refractivity contribution < 1.29 is 4.79 Å². The van der Waals surface area contributed by atoms with E-state index < -0.39 is 0 Å².